The molecule has 0 saturated carbocycles. The molecule has 7 aromatic carbocycles. The lowest BCUT2D eigenvalue weighted by Gasteiger charge is -2.34. The van der Waals surface area contributed by atoms with Crippen LogP contribution < -0.4 is 0 Å². The summed E-state index contributed by atoms with van der Waals surface area (Å²) in [6.45, 7) is 8.61. The fraction of sp³-hybridized carbons (Fsp3) is 0.0185. The van der Waals surface area contributed by atoms with Gasteiger partial charge in [0.2, 0.25) is 0 Å². The van der Waals surface area contributed by atoms with Gasteiger partial charge in [-0.25, -0.2) is 4.98 Å². The van der Waals surface area contributed by atoms with E-state index in [4.69, 9.17) is 4.98 Å². The van der Waals surface area contributed by atoms with Crippen LogP contribution in [0.2, 0.25) is 0 Å². The minimum Gasteiger partial charge on any atom is -0.248 e. The number of rotatable bonds is 9. The van der Waals surface area contributed by atoms with Crippen molar-refractivity contribution in [3.8, 4) is 67.0 Å². The highest BCUT2D eigenvalue weighted by atomic mass is 14.7. The summed E-state index contributed by atoms with van der Waals surface area (Å²) in [5.41, 5.74) is 17.8. The van der Waals surface area contributed by atoms with Crippen molar-refractivity contribution >= 4 is 0 Å². The third-order valence-corrected chi connectivity index (χ3v) is 10.9. The predicted octanol–water partition coefficient (Wildman–Crippen LogP) is 14.0. The van der Waals surface area contributed by atoms with Gasteiger partial charge in [0.05, 0.1) is 16.8 Å². The van der Waals surface area contributed by atoms with Gasteiger partial charge in [0.1, 0.15) is 0 Å². The van der Waals surface area contributed by atoms with E-state index in [1.165, 1.54) is 50.1 Å². The zero-order valence-electron chi connectivity index (χ0n) is 30.6. The normalized spacial score (nSPS) is 14.3. The Kier molecular flexibility index (Phi) is 8.82. The molecule has 55 heavy (non-hydrogen) atoms. The molecule has 1 aromatic heterocycles. The minimum atomic E-state index is -0.513. The first-order valence-corrected chi connectivity index (χ1v) is 18.8. The van der Waals surface area contributed by atoms with Crippen molar-refractivity contribution in [2.24, 2.45) is 0 Å². The quantitative estimate of drug-likeness (QED) is 0.137. The van der Waals surface area contributed by atoms with E-state index in [9.17, 15) is 0 Å². The summed E-state index contributed by atoms with van der Waals surface area (Å²) >= 11 is 0. The minimum absolute atomic E-state index is 0.513. The van der Waals surface area contributed by atoms with Crippen LogP contribution in [0.5, 0.6) is 0 Å². The van der Waals surface area contributed by atoms with E-state index in [2.05, 4.69) is 201 Å². The van der Waals surface area contributed by atoms with Gasteiger partial charge in [0.15, 0.2) is 0 Å². The number of pyridine rings is 1. The molecule has 1 atom stereocenters. The van der Waals surface area contributed by atoms with Gasteiger partial charge < -0.3 is 0 Å². The molecular formula is C54H39N. The van der Waals surface area contributed by atoms with Crippen LogP contribution in [0.15, 0.2) is 231 Å². The van der Waals surface area contributed by atoms with Crippen molar-refractivity contribution < 1.29 is 0 Å². The number of benzene rings is 7. The first-order valence-electron chi connectivity index (χ1n) is 18.8. The molecule has 0 amide bonds. The maximum atomic E-state index is 5.10. The van der Waals surface area contributed by atoms with Gasteiger partial charge in [0, 0.05) is 11.1 Å². The molecule has 0 bridgehead atoms. The molecule has 0 saturated heterocycles. The Labute approximate surface area is 324 Å². The van der Waals surface area contributed by atoms with Crippen LogP contribution in [-0.4, -0.2) is 4.98 Å². The van der Waals surface area contributed by atoms with E-state index >= 15 is 0 Å². The smallest absolute Gasteiger partial charge is 0.0715 e. The molecule has 260 valence electrons. The van der Waals surface area contributed by atoms with Crippen LogP contribution in [0.1, 0.15) is 16.7 Å². The molecule has 1 aliphatic carbocycles. The van der Waals surface area contributed by atoms with Crippen molar-refractivity contribution in [3.63, 3.8) is 0 Å². The van der Waals surface area contributed by atoms with Crippen LogP contribution in [-0.2, 0) is 5.41 Å². The van der Waals surface area contributed by atoms with Crippen molar-refractivity contribution in [2.75, 3.05) is 0 Å². The highest BCUT2D eigenvalue weighted by Gasteiger charge is 2.46. The summed E-state index contributed by atoms with van der Waals surface area (Å²) in [6.07, 6.45) is 5.91. The zero-order valence-corrected chi connectivity index (χ0v) is 30.6. The number of nitrogens with zero attached hydrogens (tertiary/aromatic N) is 1. The number of fused-ring (bicyclic) bond motifs is 3. The highest BCUT2D eigenvalue weighted by molar-refractivity contribution is 5.90. The van der Waals surface area contributed by atoms with E-state index in [-0.39, 0.29) is 0 Å². The molecule has 0 radical (unpaired) electrons. The first kappa shape index (κ1) is 33.7. The molecule has 1 heterocycles. The Bertz CT molecular complexity index is 2660. The SMILES string of the molecule is C=C/C=C\C(=C)C1(c2ccccc2)c2ccccc2-c2cc(-c3cccc(-c4cccc(-c5cc(-c6ccccc6)nc(-c6ccccc6)c5)c4)c3)ccc21. The van der Waals surface area contributed by atoms with Gasteiger partial charge in [-0.1, -0.05) is 195 Å². The Balaban J connectivity index is 1.13. The van der Waals surface area contributed by atoms with Crippen LogP contribution in [0.25, 0.3) is 67.0 Å². The molecule has 0 fully saturated rings. The van der Waals surface area contributed by atoms with Gasteiger partial charge in [-0.2, -0.15) is 0 Å². The van der Waals surface area contributed by atoms with Crippen LogP contribution in [0, 0.1) is 0 Å². The largest absolute Gasteiger partial charge is 0.248 e. The van der Waals surface area contributed by atoms with E-state index in [0.29, 0.717) is 0 Å². The van der Waals surface area contributed by atoms with Gasteiger partial charge in [-0.3, -0.25) is 0 Å². The fourth-order valence-corrected chi connectivity index (χ4v) is 8.27. The van der Waals surface area contributed by atoms with Crippen LogP contribution in [0.4, 0.5) is 0 Å². The Morgan fingerprint density at radius 2 is 0.891 bits per heavy atom. The van der Waals surface area contributed by atoms with E-state index in [1.807, 2.05) is 24.3 Å². The lowest BCUT2D eigenvalue weighted by Crippen LogP contribution is -2.28. The summed E-state index contributed by atoms with van der Waals surface area (Å²) in [5.74, 6) is 0. The predicted molar refractivity (Wildman–Crippen MR) is 232 cm³/mol. The second kappa shape index (κ2) is 14.4. The van der Waals surface area contributed by atoms with Crippen LogP contribution >= 0.6 is 0 Å². The Morgan fingerprint density at radius 1 is 0.418 bits per heavy atom. The van der Waals surface area contributed by atoms with Gasteiger partial charge in [0.25, 0.3) is 0 Å². The second-order valence-corrected chi connectivity index (χ2v) is 14.1. The number of allylic oxidation sites excluding steroid dienone is 4. The molecule has 0 N–H and O–H groups in total. The summed E-state index contributed by atoms with van der Waals surface area (Å²) in [6, 6.07) is 69.5. The molecule has 1 nitrogen and oxygen atoms in total. The standard InChI is InChI=1S/C54H39N/c1-3-4-18-38(2)54(47-27-12-7-13-28-47)50-30-15-14-29-48(50)49-35-45(31-32-51(49)54)43-25-16-23-41(33-43)42-24-17-26-44(34-42)46-36-52(39-19-8-5-9-20-39)55-53(37-46)40-21-10-6-11-22-40/h3-37H,1-2H2/b18-4-. The Hall–Kier alpha value is -7.09. The van der Waals surface area contributed by atoms with Gasteiger partial charge in [-0.15, -0.1) is 0 Å². The Morgan fingerprint density at radius 3 is 1.47 bits per heavy atom. The average Bonchev–Trinajstić information content (AvgIpc) is 3.57. The first-order chi connectivity index (χ1) is 27.1. The maximum absolute atomic E-state index is 5.10. The zero-order chi connectivity index (χ0) is 37.2. The molecule has 9 rings (SSSR count). The van der Waals surface area contributed by atoms with Gasteiger partial charge in [-0.05, 0) is 97.1 Å². The second-order valence-electron chi connectivity index (χ2n) is 14.1. The molecule has 1 aliphatic rings. The summed E-state index contributed by atoms with van der Waals surface area (Å²) < 4.78 is 0. The number of hydrogen-bond donors (Lipinski definition) is 0. The molecule has 8 aromatic rings. The molecule has 0 spiro atoms. The summed E-state index contributed by atoms with van der Waals surface area (Å²) in [4.78, 5) is 5.10. The lowest BCUT2D eigenvalue weighted by atomic mass is 9.67. The third kappa shape index (κ3) is 6.06. The number of aromatic nitrogens is 1. The molecule has 1 heteroatoms. The van der Waals surface area contributed by atoms with Crippen molar-refractivity contribution in [3.05, 3.63) is 248 Å². The van der Waals surface area contributed by atoms with Crippen molar-refractivity contribution in [1.29, 1.82) is 0 Å². The van der Waals surface area contributed by atoms with E-state index in [0.717, 1.165) is 39.2 Å². The van der Waals surface area contributed by atoms with Crippen molar-refractivity contribution in [2.45, 2.75) is 5.41 Å². The molecule has 1 unspecified atom stereocenters. The van der Waals surface area contributed by atoms with Gasteiger partial charge >= 0.3 is 0 Å². The van der Waals surface area contributed by atoms with Crippen molar-refractivity contribution in [1.82, 2.24) is 4.98 Å². The van der Waals surface area contributed by atoms with E-state index in [1.54, 1.807) is 0 Å². The average molecular weight is 702 g/mol. The van der Waals surface area contributed by atoms with E-state index < -0.39 is 5.41 Å². The lowest BCUT2D eigenvalue weighted by molar-refractivity contribution is 0.770. The topological polar surface area (TPSA) is 12.9 Å². The molecule has 0 aliphatic heterocycles. The number of hydrogen-bond acceptors (Lipinski definition) is 1. The monoisotopic (exact) mass is 701 g/mol. The highest BCUT2D eigenvalue weighted by Crippen LogP contribution is 2.56. The third-order valence-electron chi connectivity index (χ3n) is 10.9. The summed E-state index contributed by atoms with van der Waals surface area (Å²) in [7, 11) is 0. The fourth-order valence-electron chi connectivity index (χ4n) is 8.27. The molecular weight excluding hydrogens is 663 g/mol. The summed E-state index contributed by atoms with van der Waals surface area (Å²) in [5, 5.41) is 0. The van der Waals surface area contributed by atoms with Crippen LogP contribution in [0.3, 0.4) is 0 Å². The maximum Gasteiger partial charge on any atom is 0.0715 e.